The number of halogens is 1. The van der Waals surface area contributed by atoms with Gasteiger partial charge in [0.2, 0.25) is 0 Å². The van der Waals surface area contributed by atoms with Crippen LogP contribution in [0.3, 0.4) is 0 Å². The van der Waals surface area contributed by atoms with E-state index >= 15 is 4.39 Å². The SMILES string of the molecule is CCCCCCC(C)OC1C(F)=CC(C2CCC(C3CCC(CCC)CC3)CC2)=CC1C. The lowest BCUT2D eigenvalue weighted by Crippen LogP contribution is -2.30. The maximum absolute atomic E-state index is 15.1. The third kappa shape index (κ3) is 7.44. The lowest BCUT2D eigenvalue weighted by Gasteiger charge is -2.39. The van der Waals surface area contributed by atoms with E-state index < -0.39 is 0 Å². The monoisotopic (exact) mass is 446 g/mol. The quantitative estimate of drug-likeness (QED) is 0.287. The molecule has 0 spiro atoms. The number of hydrogen-bond donors (Lipinski definition) is 0. The molecule has 3 unspecified atom stereocenters. The Morgan fingerprint density at radius 2 is 1.56 bits per heavy atom. The van der Waals surface area contributed by atoms with Gasteiger partial charge < -0.3 is 4.74 Å². The molecule has 1 nitrogen and oxygen atoms in total. The van der Waals surface area contributed by atoms with E-state index in [0.717, 1.165) is 24.2 Å². The number of hydrogen-bond acceptors (Lipinski definition) is 1. The zero-order valence-corrected chi connectivity index (χ0v) is 21.6. The van der Waals surface area contributed by atoms with Gasteiger partial charge in [0.15, 0.2) is 0 Å². The summed E-state index contributed by atoms with van der Waals surface area (Å²) in [4.78, 5) is 0. The summed E-state index contributed by atoms with van der Waals surface area (Å²) in [5, 5.41) is 0. The zero-order valence-electron chi connectivity index (χ0n) is 21.6. The Morgan fingerprint density at radius 1 is 0.906 bits per heavy atom. The zero-order chi connectivity index (χ0) is 22.9. The van der Waals surface area contributed by atoms with Crippen molar-refractivity contribution in [2.75, 3.05) is 0 Å². The van der Waals surface area contributed by atoms with Crippen molar-refractivity contribution in [2.45, 2.75) is 136 Å². The van der Waals surface area contributed by atoms with Crippen LogP contribution >= 0.6 is 0 Å². The Bertz CT molecular complexity index is 592. The van der Waals surface area contributed by atoms with Crippen LogP contribution in [0.5, 0.6) is 0 Å². The highest BCUT2D eigenvalue weighted by molar-refractivity contribution is 5.31. The van der Waals surface area contributed by atoms with Crippen molar-refractivity contribution in [2.24, 2.45) is 29.6 Å². The van der Waals surface area contributed by atoms with Gasteiger partial charge >= 0.3 is 0 Å². The van der Waals surface area contributed by atoms with Gasteiger partial charge in [-0.25, -0.2) is 4.39 Å². The molecule has 32 heavy (non-hydrogen) atoms. The molecule has 3 aliphatic rings. The molecule has 0 heterocycles. The predicted molar refractivity (Wildman–Crippen MR) is 135 cm³/mol. The van der Waals surface area contributed by atoms with Crippen LogP contribution in [0, 0.1) is 29.6 Å². The molecule has 3 rings (SSSR count). The van der Waals surface area contributed by atoms with E-state index in [1.807, 2.05) is 6.08 Å². The number of allylic oxidation sites excluding steroid dienone is 2. The van der Waals surface area contributed by atoms with Crippen LogP contribution in [-0.4, -0.2) is 12.2 Å². The molecule has 2 saturated carbocycles. The summed E-state index contributed by atoms with van der Waals surface area (Å²) in [5.74, 6) is 3.56. The van der Waals surface area contributed by atoms with Crippen LogP contribution < -0.4 is 0 Å². The first-order valence-corrected chi connectivity index (χ1v) is 14.3. The third-order valence-electron chi connectivity index (χ3n) is 8.85. The van der Waals surface area contributed by atoms with E-state index in [9.17, 15) is 0 Å². The molecule has 184 valence electrons. The van der Waals surface area contributed by atoms with Crippen LogP contribution in [0.1, 0.15) is 124 Å². The Morgan fingerprint density at radius 3 is 2.16 bits per heavy atom. The van der Waals surface area contributed by atoms with Crippen molar-refractivity contribution < 1.29 is 9.13 Å². The Labute approximate surface area is 198 Å². The molecule has 0 aliphatic heterocycles. The van der Waals surface area contributed by atoms with Crippen molar-refractivity contribution in [1.29, 1.82) is 0 Å². The van der Waals surface area contributed by atoms with Gasteiger partial charge in [-0.1, -0.05) is 78.2 Å². The fourth-order valence-electron chi connectivity index (χ4n) is 6.83. The first-order chi connectivity index (χ1) is 15.5. The van der Waals surface area contributed by atoms with Gasteiger partial charge in [-0.15, -0.1) is 0 Å². The lowest BCUT2D eigenvalue weighted by molar-refractivity contribution is -0.0172. The number of rotatable bonds is 11. The molecule has 0 aromatic heterocycles. The molecule has 0 radical (unpaired) electrons. The van der Waals surface area contributed by atoms with E-state index in [-0.39, 0.29) is 24.0 Å². The summed E-state index contributed by atoms with van der Waals surface area (Å²) in [5.41, 5.74) is 1.26. The van der Waals surface area contributed by atoms with Crippen LogP contribution in [0.15, 0.2) is 23.6 Å². The van der Waals surface area contributed by atoms with Crippen molar-refractivity contribution in [1.82, 2.24) is 0 Å². The molecule has 3 aliphatic carbocycles. The molecule has 0 amide bonds. The van der Waals surface area contributed by atoms with E-state index in [2.05, 4.69) is 33.8 Å². The lowest BCUT2D eigenvalue weighted by atomic mass is 9.67. The summed E-state index contributed by atoms with van der Waals surface area (Å²) in [6.45, 7) is 8.82. The maximum atomic E-state index is 15.1. The highest BCUT2D eigenvalue weighted by Gasteiger charge is 2.34. The second-order valence-electron chi connectivity index (χ2n) is 11.5. The molecular weight excluding hydrogens is 395 g/mol. The van der Waals surface area contributed by atoms with Gasteiger partial charge in [-0.05, 0) is 87.2 Å². The molecule has 0 saturated heterocycles. The second kappa shape index (κ2) is 13.3. The maximum Gasteiger partial charge on any atom is 0.130 e. The molecular formula is C30H51FO. The standard InChI is InChI=1S/C30H51FO/c1-5-7-8-9-11-23(4)32-30-22(3)20-28(21-29(30)31)27-18-16-26(17-19-27)25-14-12-24(10-6-2)13-15-25/h20-27,30H,5-19H2,1-4H3. The normalized spacial score (nSPS) is 34.7. The summed E-state index contributed by atoms with van der Waals surface area (Å²) in [6, 6.07) is 0. The summed E-state index contributed by atoms with van der Waals surface area (Å²) in [7, 11) is 0. The number of ether oxygens (including phenoxy) is 1. The van der Waals surface area contributed by atoms with Gasteiger partial charge in [0.05, 0.1) is 6.10 Å². The fourth-order valence-corrected chi connectivity index (χ4v) is 6.83. The van der Waals surface area contributed by atoms with Crippen molar-refractivity contribution in [3.05, 3.63) is 23.6 Å². The average molecular weight is 447 g/mol. The summed E-state index contributed by atoms with van der Waals surface area (Å²) < 4.78 is 21.2. The Balaban J connectivity index is 1.44. The second-order valence-corrected chi connectivity index (χ2v) is 11.5. The van der Waals surface area contributed by atoms with Gasteiger partial charge in [-0.3, -0.25) is 0 Å². The number of unbranched alkanes of at least 4 members (excludes halogenated alkanes) is 3. The van der Waals surface area contributed by atoms with Crippen molar-refractivity contribution in [3.8, 4) is 0 Å². The van der Waals surface area contributed by atoms with Gasteiger partial charge in [0.25, 0.3) is 0 Å². The molecule has 0 bridgehead atoms. The first-order valence-electron chi connectivity index (χ1n) is 14.3. The molecule has 0 N–H and O–H groups in total. The Kier molecular flexibility index (Phi) is 10.8. The molecule has 2 fully saturated rings. The smallest absolute Gasteiger partial charge is 0.130 e. The fraction of sp³-hybridized carbons (Fsp3) is 0.867. The molecule has 0 aromatic carbocycles. The van der Waals surface area contributed by atoms with Gasteiger partial charge in [0, 0.05) is 5.92 Å². The average Bonchev–Trinajstić information content (AvgIpc) is 2.80. The molecule has 0 aromatic rings. The van der Waals surface area contributed by atoms with Gasteiger partial charge in [0.1, 0.15) is 11.9 Å². The third-order valence-corrected chi connectivity index (χ3v) is 8.85. The van der Waals surface area contributed by atoms with Crippen molar-refractivity contribution >= 4 is 0 Å². The van der Waals surface area contributed by atoms with Gasteiger partial charge in [-0.2, -0.15) is 0 Å². The van der Waals surface area contributed by atoms with Crippen LogP contribution in [0.25, 0.3) is 0 Å². The highest BCUT2D eigenvalue weighted by atomic mass is 19.1. The first kappa shape index (κ1) is 26.0. The topological polar surface area (TPSA) is 9.23 Å². The molecule has 2 heteroatoms. The summed E-state index contributed by atoms with van der Waals surface area (Å²) in [6.07, 6.45) is 23.8. The van der Waals surface area contributed by atoms with Crippen LogP contribution in [0.4, 0.5) is 4.39 Å². The van der Waals surface area contributed by atoms with Crippen LogP contribution in [0.2, 0.25) is 0 Å². The van der Waals surface area contributed by atoms with E-state index in [1.54, 1.807) is 0 Å². The highest BCUT2D eigenvalue weighted by Crippen LogP contribution is 2.45. The minimum atomic E-state index is -0.380. The van der Waals surface area contributed by atoms with Crippen LogP contribution in [-0.2, 0) is 4.74 Å². The predicted octanol–water partition coefficient (Wildman–Crippen LogP) is 9.57. The largest absolute Gasteiger partial charge is 0.368 e. The molecule has 3 atom stereocenters. The Hall–Kier alpha value is -0.630. The van der Waals surface area contributed by atoms with E-state index in [1.165, 1.54) is 95.5 Å². The van der Waals surface area contributed by atoms with E-state index in [0.29, 0.717) is 5.92 Å². The minimum absolute atomic E-state index is 0.0354. The summed E-state index contributed by atoms with van der Waals surface area (Å²) >= 11 is 0. The van der Waals surface area contributed by atoms with E-state index in [4.69, 9.17) is 4.74 Å². The minimum Gasteiger partial charge on any atom is -0.368 e. The van der Waals surface area contributed by atoms with Crippen molar-refractivity contribution in [3.63, 3.8) is 0 Å².